The quantitative estimate of drug-likeness (QED) is 0.716. The smallest absolute Gasteiger partial charge is 0.409 e. The van der Waals surface area contributed by atoms with Crippen molar-refractivity contribution >= 4 is 6.08 Å². The Bertz CT molecular complexity index is 385. The molecule has 0 unspecified atom stereocenters. The second-order valence-electron chi connectivity index (χ2n) is 2.88. The molecule has 0 atom stereocenters. The minimum absolute atomic E-state index is 0.0980. The predicted octanol–water partition coefficient (Wildman–Crippen LogP) is 3.55. The lowest BCUT2D eigenvalue weighted by molar-refractivity contribution is -0.0790. The molecule has 0 fully saturated rings. The van der Waals surface area contributed by atoms with E-state index in [0.717, 1.165) is 12.1 Å². The number of alkyl halides is 3. The van der Waals surface area contributed by atoms with Gasteiger partial charge < -0.3 is 4.74 Å². The molecule has 1 rings (SSSR count). The lowest BCUT2D eigenvalue weighted by atomic mass is 10.1. The number of rotatable bonds is 2. The minimum atomic E-state index is -4.61. The van der Waals surface area contributed by atoms with Gasteiger partial charge in [-0.2, -0.15) is 13.2 Å². The standard InChI is InChI=1S/C10H7F5O/c1-16-6-4-8(11)7(9(12)5-6)2-3-10(13,14)15/h2-5H,1H3. The first kappa shape index (κ1) is 12.5. The zero-order chi connectivity index (χ0) is 12.3. The van der Waals surface area contributed by atoms with Crippen LogP contribution in [0.25, 0.3) is 6.08 Å². The molecule has 88 valence electrons. The molecule has 0 spiro atoms. The van der Waals surface area contributed by atoms with Crippen molar-refractivity contribution < 1.29 is 26.7 Å². The maximum Gasteiger partial charge on any atom is 0.409 e. The number of ether oxygens (including phenoxy) is 1. The van der Waals surface area contributed by atoms with Crippen molar-refractivity contribution in [1.29, 1.82) is 0 Å². The van der Waals surface area contributed by atoms with E-state index in [2.05, 4.69) is 4.74 Å². The average Bonchev–Trinajstić information content (AvgIpc) is 2.14. The molecule has 0 saturated carbocycles. The third-order valence-electron chi connectivity index (χ3n) is 1.73. The van der Waals surface area contributed by atoms with Crippen molar-refractivity contribution in [3.63, 3.8) is 0 Å². The average molecular weight is 238 g/mol. The first-order valence-corrected chi connectivity index (χ1v) is 4.12. The highest BCUT2D eigenvalue weighted by atomic mass is 19.4. The van der Waals surface area contributed by atoms with E-state index in [1.165, 1.54) is 7.11 Å². The maximum atomic E-state index is 13.1. The van der Waals surface area contributed by atoms with Crippen LogP contribution in [0.3, 0.4) is 0 Å². The van der Waals surface area contributed by atoms with E-state index in [1.807, 2.05) is 0 Å². The number of allylic oxidation sites excluding steroid dienone is 1. The summed E-state index contributed by atoms with van der Waals surface area (Å²) in [6.07, 6.45) is -4.51. The Hall–Kier alpha value is -1.59. The van der Waals surface area contributed by atoms with Crippen LogP contribution in [0.2, 0.25) is 0 Å². The van der Waals surface area contributed by atoms with Gasteiger partial charge >= 0.3 is 6.18 Å². The fourth-order valence-electron chi connectivity index (χ4n) is 1.02. The van der Waals surface area contributed by atoms with E-state index in [9.17, 15) is 22.0 Å². The molecule has 0 aliphatic heterocycles. The van der Waals surface area contributed by atoms with Gasteiger partial charge in [0.05, 0.1) is 7.11 Å². The van der Waals surface area contributed by atoms with Gasteiger partial charge in [0.1, 0.15) is 17.4 Å². The molecule has 1 aromatic carbocycles. The van der Waals surface area contributed by atoms with Gasteiger partial charge in [0.25, 0.3) is 0 Å². The maximum absolute atomic E-state index is 13.1. The highest BCUT2D eigenvalue weighted by Crippen LogP contribution is 2.24. The van der Waals surface area contributed by atoms with Gasteiger partial charge in [-0.3, -0.25) is 0 Å². The van der Waals surface area contributed by atoms with Crippen molar-refractivity contribution in [1.82, 2.24) is 0 Å². The molecule has 0 bridgehead atoms. The first-order chi connectivity index (χ1) is 7.33. The van der Waals surface area contributed by atoms with Crippen LogP contribution in [0.4, 0.5) is 22.0 Å². The third-order valence-corrected chi connectivity index (χ3v) is 1.73. The lowest BCUT2D eigenvalue weighted by Crippen LogP contribution is -2.01. The van der Waals surface area contributed by atoms with Crippen LogP contribution in [0, 0.1) is 11.6 Å². The van der Waals surface area contributed by atoms with Crippen LogP contribution in [0.15, 0.2) is 18.2 Å². The number of hydrogen-bond acceptors (Lipinski definition) is 1. The first-order valence-electron chi connectivity index (χ1n) is 4.12. The Balaban J connectivity index is 3.11. The van der Waals surface area contributed by atoms with Gasteiger partial charge in [-0.15, -0.1) is 0 Å². The molecular weight excluding hydrogens is 231 g/mol. The molecular formula is C10H7F5O. The molecule has 1 nitrogen and oxygen atoms in total. The van der Waals surface area contributed by atoms with Crippen molar-refractivity contribution in [2.24, 2.45) is 0 Å². The topological polar surface area (TPSA) is 9.23 Å². The fraction of sp³-hybridized carbons (Fsp3) is 0.200. The number of benzene rings is 1. The minimum Gasteiger partial charge on any atom is -0.497 e. The summed E-state index contributed by atoms with van der Waals surface area (Å²) in [7, 11) is 1.19. The number of hydrogen-bond donors (Lipinski definition) is 0. The van der Waals surface area contributed by atoms with Gasteiger partial charge in [0.2, 0.25) is 0 Å². The normalized spacial score (nSPS) is 12.1. The van der Waals surface area contributed by atoms with Crippen LogP contribution in [0.1, 0.15) is 5.56 Å². The van der Waals surface area contributed by atoms with E-state index in [-0.39, 0.29) is 11.8 Å². The Morgan fingerprint density at radius 3 is 2.00 bits per heavy atom. The lowest BCUT2D eigenvalue weighted by Gasteiger charge is -2.04. The van der Waals surface area contributed by atoms with Crippen LogP contribution in [-0.4, -0.2) is 13.3 Å². The molecule has 0 saturated heterocycles. The SMILES string of the molecule is COc1cc(F)c(C=CC(F)(F)F)c(F)c1. The van der Waals surface area contributed by atoms with Crippen molar-refractivity contribution in [3.05, 3.63) is 35.4 Å². The monoisotopic (exact) mass is 238 g/mol. The molecule has 0 radical (unpaired) electrons. The van der Waals surface area contributed by atoms with Gasteiger partial charge in [0, 0.05) is 23.8 Å². The van der Waals surface area contributed by atoms with Crippen molar-refractivity contribution in [2.45, 2.75) is 6.18 Å². The Labute approximate surface area is 88.1 Å². The van der Waals surface area contributed by atoms with Crippen LogP contribution in [0.5, 0.6) is 5.75 Å². The Morgan fingerprint density at radius 1 is 1.12 bits per heavy atom. The molecule has 6 heteroatoms. The Morgan fingerprint density at radius 2 is 1.62 bits per heavy atom. The molecule has 16 heavy (non-hydrogen) atoms. The molecule has 0 aliphatic carbocycles. The second kappa shape index (κ2) is 4.51. The molecule has 1 aromatic rings. The number of halogens is 5. The summed E-state index contributed by atoms with van der Waals surface area (Å²) in [6, 6.07) is 1.61. The van der Waals surface area contributed by atoms with Crippen LogP contribution in [-0.2, 0) is 0 Å². The van der Waals surface area contributed by atoms with Crippen molar-refractivity contribution in [3.8, 4) is 5.75 Å². The second-order valence-corrected chi connectivity index (χ2v) is 2.88. The van der Waals surface area contributed by atoms with E-state index in [4.69, 9.17) is 0 Å². The van der Waals surface area contributed by atoms with Crippen LogP contribution < -0.4 is 4.74 Å². The summed E-state index contributed by atoms with van der Waals surface area (Å²) in [5, 5.41) is 0. The zero-order valence-corrected chi connectivity index (χ0v) is 8.11. The Kier molecular flexibility index (Phi) is 3.51. The molecule has 0 amide bonds. The van der Waals surface area contributed by atoms with E-state index < -0.39 is 23.4 Å². The van der Waals surface area contributed by atoms with E-state index >= 15 is 0 Å². The summed E-state index contributed by atoms with van der Waals surface area (Å²) in [5.41, 5.74) is -0.752. The largest absolute Gasteiger partial charge is 0.497 e. The molecule has 0 aromatic heterocycles. The highest BCUT2D eigenvalue weighted by Gasteiger charge is 2.22. The summed E-state index contributed by atoms with van der Waals surface area (Å²) >= 11 is 0. The molecule has 0 aliphatic rings. The highest BCUT2D eigenvalue weighted by molar-refractivity contribution is 5.53. The van der Waals surface area contributed by atoms with E-state index in [0.29, 0.717) is 6.08 Å². The predicted molar refractivity (Wildman–Crippen MR) is 48.0 cm³/mol. The van der Waals surface area contributed by atoms with Crippen LogP contribution >= 0.6 is 0 Å². The van der Waals surface area contributed by atoms with E-state index in [1.54, 1.807) is 0 Å². The van der Waals surface area contributed by atoms with Gasteiger partial charge in [-0.05, 0) is 6.08 Å². The fourth-order valence-corrected chi connectivity index (χ4v) is 1.02. The summed E-state index contributed by atoms with van der Waals surface area (Å²) in [5.74, 6) is -2.33. The van der Waals surface area contributed by atoms with Gasteiger partial charge in [0.15, 0.2) is 0 Å². The molecule has 0 N–H and O–H groups in total. The third kappa shape index (κ3) is 3.22. The van der Waals surface area contributed by atoms with Crippen molar-refractivity contribution in [2.75, 3.05) is 7.11 Å². The summed E-state index contributed by atoms with van der Waals surface area (Å²) < 4.78 is 66.2. The van der Waals surface area contributed by atoms with Gasteiger partial charge in [-0.1, -0.05) is 0 Å². The molecule has 0 heterocycles. The zero-order valence-electron chi connectivity index (χ0n) is 8.11. The summed E-state index contributed by atoms with van der Waals surface area (Å²) in [4.78, 5) is 0. The number of methoxy groups -OCH3 is 1. The summed E-state index contributed by atoms with van der Waals surface area (Å²) in [6.45, 7) is 0. The van der Waals surface area contributed by atoms with Gasteiger partial charge in [-0.25, -0.2) is 8.78 Å².